The molecule has 0 bridgehead atoms. The van der Waals surface area contributed by atoms with Gasteiger partial charge in [0.05, 0.1) is 7.11 Å². The SMILES string of the molecule is COc1cc(C)c(/C=C/CCBr)cc1C. The van der Waals surface area contributed by atoms with Crippen molar-refractivity contribution in [1.29, 1.82) is 0 Å². The number of methoxy groups -OCH3 is 1. The summed E-state index contributed by atoms with van der Waals surface area (Å²) in [5.41, 5.74) is 3.71. The molecule has 0 aliphatic heterocycles. The zero-order valence-electron chi connectivity index (χ0n) is 9.51. The Labute approximate surface area is 100 Å². The zero-order valence-corrected chi connectivity index (χ0v) is 11.1. The lowest BCUT2D eigenvalue weighted by molar-refractivity contribution is 0.411. The van der Waals surface area contributed by atoms with Gasteiger partial charge in [0.15, 0.2) is 0 Å². The highest BCUT2D eigenvalue weighted by Crippen LogP contribution is 2.23. The maximum atomic E-state index is 5.27. The van der Waals surface area contributed by atoms with Crippen molar-refractivity contribution < 1.29 is 4.74 Å². The van der Waals surface area contributed by atoms with Crippen molar-refractivity contribution in [2.75, 3.05) is 12.4 Å². The number of aryl methyl sites for hydroxylation is 2. The van der Waals surface area contributed by atoms with E-state index in [9.17, 15) is 0 Å². The number of hydrogen-bond donors (Lipinski definition) is 0. The van der Waals surface area contributed by atoms with Crippen molar-refractivity contribution in [3.05, 3.63) is 34.9 Å². The van der Waals surface area contributed by atoms with E-state index in [4.69, 9.17) is 4.74 Å². The molecule has 0 atom stereocenters. The van der Waals surface area contributed by atoms with Crippen molar-refractivity contribution >= 4 is 22.0 Å². The molecule has 0 aromatic heterocycles. The molecule has 1 rings (SSSR count). The third-order valence-corrected chi connectivity index (χ3v) is 2.81. The lowest BCUT2D eigenvalue weighted by atomic mass is 10.0. The van der Waals surface area contributed by atoms with Crippen molar-refractivity contribution in [1.82, 2.24) is 0 Å². The fraction of sp³-hybridized carbons (Fsp3) is 0.385. The molecule has 15 heavy (non-hydrogen) atoms. The van der Waals surface area contributed by atoms with Crippen LogP contribution < -0.4 is 4.74 Å². The average molecular weight is 269 g/mol. The number of alkyl halides is 1. The molecule has 0 spiro atoms. The largest absolute Gasteiger partial charge is 0.496 e. The molecule has 0 heterocycles. The number of allylic oxidation sites excluding steroid dienone is 1. The van der Waals surface area contributed by atoms with Gasteiger partial charge in [-0.25, -0.2) is 0 Å². The fourth-order valence-corrected chi connectivity index (χ4v) is 1.75. The Bertz CT molecular complexity index is 356. The first-order valence-corrected chi connectivity index (χ1v) is 6.19. The van der Waals surface area contributed by atoms with Gasteiger partial charge in [-0.2, -0.15) is 0 Å². The molecule has 0 N–H and O–H groups in total. The van der Waals surface area contributed by atoms with Gasteiger partial charge in [-0.05, 0) is 49.1 Å². The molecular weight excluding hydrogens is 252 g/mol. The molecule has 0 saturated carbocycles. The van der Waals surface area contributed by atoms with Crippen LogP contribution in [0.1, 0.15) is 23.1 Å². The van der Waals surface area contributed by atoms with Gasteiger partial charge in [-0.1, -0.05) is 28.1 Å². The molecule has 2 heteroatoms. The van der Waals surface area contributed by atoms with E-state index in [1.165, 1.54) is 16.7 Å². The molecule has 82 valence electrons. The molecular formula is C13H17BrO. The van der Waals surface area contributed by atoms with Crippen LogP contribution in [0.25, 0.3) is 6.08 Å². The van der Waals surface area contributed by atoms with Crippen LogP contribution in [0.2, 0.25) is 0 Å². The Hall–Kier alpha value is -0.760. The molecule has 1 nitrogen and oxygen atoms in total. The van der Waals surface area contributed by atoms with Crippen LogP contribution in [-0.4, -0.2) is 12.4 Å². The fourth-order valence-electron chi connectivity index (χ4n) is 1.48. The van der Waals surface area contributed by atoms with E-state index in [1.807, 2.05) is 0 Å². The molecule has 0 aliphatic carbocycles. The molecule has 0 saturated heterocycles. The van der Waals surface area contributed by atoms with E-state index in [0.29, 0.717) is 0 Å². The average Bonchev–Trinajstić information content (AvgIpc) is 2.23. The number of rotatable bonds is 4. The summed E-state index contributed by atoms with van der Waals surface area (Å²) in [4.78, 5) is 0. The predicted octanol–water partition coefficient (Wildman–Crippen LogP) is 4.11. The molecule has 0 aliphatic rings. The van der Waals surface area contributed by atoms with Crippen molar-refractivity contribution in [3.63, 3.8) is 0 Å². The summed E-state index contributed by atoms with van der Waals surface area (Å²) in [6.07, 6.45) is 5.41. The van der Waals surface area contributed by atoms with Crippen molar-refractivity contribution in [2.45, 2.75) is 20.3 Å². The topological polar surface area (TPSA) is 9.23 Å². The maximum Gasteiger partial charge on any atom is 0.122 e. The van der Waals surface area contributed by atoms with Gasteiger partial charge in [-0.3, -0.25) is 0 Å². The summed E-state index contributed by atoms with van der Waals surface area (Å²) in [6, 6.07) is 4.25. The van der Waals surface area contributed by atoms with Crippen LogP contribution in [0.4, 0.5) is 0 Å². The Morgan fingerprint density at radius 2 is 2.00 bits per heavy atom. The predicted molar refractivity (Wildman–Crippen MR) is 69.9 cm³/mol. The third-order valence-electron chi connectivity index (χ3n) is 2.36. The molecule has 0 unspecified atom stereocenters. The van der Waals surface area contributed by atoms with E-state index in [0.717, 1.165) is 17.5 Å². The number of hydrogen-bond acceptors (Lipinski definition) is 1. The van der Waals surface area contributed by atoms with Crippen LogP contribution in [0, 0.1) is 13.8 Å². The van der Waals surface area contributed by atoms with Crippen molar-refractivity contribution in [2.24, 2.45) is 0 Å². The van der Waals surface area contributed by atoms with Crippen LogP contribution >= 0.6 is 15.9 Å². The second kappa shape index (κ2) is 5.96. The summed E-state index contributed by atoms with van der Waals surface area (Å²) >= 11 is 3.41. The van der Waals surface area contributed by atoms with Gasteiger partial charge in [-0.15, -0.1) is 0 Å². The lowest BCUT2D eigenvalue weighted by Gasteiger charge is -2.08. The van der Waals surface area contributed by atoms with Crippen LogP contribution in [0.3, 0.4) is 0 Å². The van der Waals surface area contributed by atoms with Gasteiger partial charge >= 0.3 is 0 Å². The van der Waals surface area contributed by atoms with E-state index >= 15 is 0 Å². The van der Waals surface area contributed by atoms with Crippen LogP contribution in [-0.2, 0) is 0 Å². The molecule has 1 aromatic rings. The number of halogens is 1. The zero-order chi connectivity index (χ0) is 11.3. The van der Waals surface area contributed by atoms with Gasteiger partial charge in [0.1, 0.15) is 5.75 Å². The Morgan fingerprint density at radius 3 is 2.60 bits per heavy atom. The Morgan fingerprint density at radius 1 is 1.27 bits per heavy atom. The second-order valence-electron chi connectivity index (χ2n) is 3.56. The number of ether oxygens (including phenoxy) is 1. The maximum absolute atomic E-state index is 5.27. The summed E-state index contributed by atoms with van der Waals surface area (Å²) in [5.74, 6) is 0.963. The minimum absolute atomic E-state index is 0.963. The smallest absolute Gasteiger partial charge is 0.122 e. The summed E-state index contributed by atoms with van der Waals surface area (Å²) in [6.45, 7) is 4.18. The van der Waals surface area contributed by atoms with Crippen LogP contribution in [0.5, 0.6) is 5.75 Å². The summed E-state index contributed by atoms with van der Waals surface area (Å²) < 4.78 is 5.27. The first-order chi connectivity index (χ1) is 7.19. The second-order valence-corrected chi connectivity index (χ2v) is 4.35. The third kappa shape index (κ3) is 3.38. The highest BCUT2D eigenvalue weighted by molar-refractivity contribution is 9.09. The minimum Gasteiger partial charge on any atom is -0.496 e. The molecule has 1 aromatic carbocycles. The van der Waals surface area contributed by atoms with Gasteiger partial charge in [0, 0.05) is 5.33 Å². The van der Waals surface area contributed by atoms with Gasteiger partial charge in [0.2, 0.25) is 0 Å². The Kier molecular flexibility index (Phi) is 4.89. The lowest BCUT2D eigenvalue weighted by Crippen LogP contribution is -1.90. The quantitative estimate of drug-likeness (QED) is 0.747. The normalized spacial score (nSPS) is 10.9. The first-order valence-electron chi connectivity index (χ1n) is 5.06. The highest BCUT2D eigenvalue weighted by Gasteiger charge is 2.01. The van der Waals surface area contributed by atoms with Gasteiger partial charge < -0.3 is 4.74 Å². The van der Waals surface area contributed by atoms with E-state index in [2.05, 4.69) is 54.1 Å². The van der Waals surface area contributed by atoms with E-state index in [1.54, 1.807) is 7.11 Å². The monoisotopic (exact) mass is 268 g/mol. The standard InChI is InChI=1S/C13H17BrO/c1-10-9-13(15-3)11(2)8-12(10)6-4-5-7-14/h4,6,8-9H,5,7H2,1-3H3/b6-4+. The van der Waals surface area contributed by atoms with E-state index < -0.39 is 0 Å². The van der Waals surface area contributed by atoms with E-state index in [-0.39, 0.29) is 0 Å². The molecule has 0 amide bonds. The molecule has 0 fully saturated rings. The molecule has 0 radical (unpaired) electrons. The van der Waals surface area contributed by atoms with Gasteiger partial charge in [0.25, 0.3) is 0 Å². The first kappa shape index (κ1) is 12.3. The van der Waals surface area contributed by atoms with Crippen molar-refractivity contribution in [3.8, 4) is 5.75 Å². The summed E-state index contributed by atoms with van der Waals surface area (Å²) in [7, 11) is 1.71. The number of benzene rings is 1. The summed E-state index contributed by atoms with van der Waals surface area (Å²) in [5, 5.41) is 1.01. The Balaban J connectivity index is 2.95. The highest BCUT2D eigenvalue weighted by atomic mass is 79.9. The minimum atomic E-state index is 0.963. The van der Waals surface area contributed by atoms with Crippen LogP contribution in [0.15, 0.2) is 18.2 Å².